The standard InChI is InChI=1S/C16H28BN3O3S.C2H6/c1-7-16(11-19(12-16)24(21)8-2)20-10-13(9-18-20)17-22-14(3,4)15(5,6)23-17;1-2/h9-10H,7-8,11-12H2,1-6H3;1-2H3. The van der Waals surface area contributed by atoms with Crippen LogP contribution in [0.1, 0.15) is 61.8 Å². The fourth-order valence-electron chi connectivity index (χ4n) is 3.16. The molecule has 1 unspecified atom stereocenters. The van der Waals surface area contributed by atoms with E-state index < -0.39 is 18.1 Å². The van der Waals surface area contributed by atoms with Crippen LogP contribution < -0.4 is 5.46 Å². The summed E-state index contributed by atoms with van der Waals surface area (Å²) in [5, 5.41) is 4.57. The third kappa shape index (κ3) is 3.66. The Bertz CT molecular complexity index is 625. The topological polar surface area (TPSA) is 56.6 Å². The van der Waals surface area contributed by atoms with Crippen LogP contribution in [0.4, 0.5) is 0 Å². The van der Waals surface area contributed by atoms with Crippen LogP contribution in [0.25, 0.3) is 0 Å². The summed E-state index contributed by atoms with van der Waals surface area (Å²) in [4.78, 5) is 0. The van der Waals surface area contributed by atoms with Gasteiger partial charge in [0.15, 0.2) is 0 Å². The van der Waals surface area contributed by atoms with E-state index in [0.29, 0.717) is 5.75 Å². The SMILES string of the molecule is CC.CCS(=O)N1CC(CC)(n2cc(B3OC(C)(C)C(C)(C)O3)cn2)C1. The third-order valence-electron chi connectivity index (χ3n) is 5.75. The molecule has 3 rings (SSSR count). The average molecular weight is 383 g/mol. The minimum absolute atomic E-state index is 0.0767. The Kier molecular flexibility index (Phi) is 6.43. The molecular formula is C18H34BN3O3S. The van der Waals surface area contributed by atoms with E-state index in [1.165, 1.54) is 0 Å². The Balaban J connectivity index is 0.00000117. The molecule has 3 heterocycles. The number of nitrogens with zero attached hydrogens (tertiary/aromatic N) is 3. The van der Waals surface area contributed by atoms with Gasteiger partial charge in [-0.3, -0.25) is 4.68 Å². The van der Waals surface area contributed by atoms with Crippen LogP contribution in [-0.2, 0) is 25.8 Å². The normalized spacial score (nSPS) is 24.5. The van der Waals surface area contributed by atoms with Gasteiger partial charge in [0.1, 0.15) is 0 Å². The van der Waals surface area contributed by atoms with Gasteiger partial charge < -0.3 is 9.31 Å². The van der Waals surface area contributed by atoms with Crippen LogP contribution in [0.5, 0.6) is 0 Å². The van der Waals surface area contributed by atoms with Crippen LogP contribution in [0, 0.1) is 0 Å². The lowest BCUT2D eigenvalue weighted by Crippen LogP contribution is -2.63. The molecule has 2 saturated heterocycles. The summed E-state index contributed by atoms with van der Waals surface area (Å²) >= 11 is 0. The summed E-state index contributed by atoms with van der Waals surface area (Å²) in [6.07, 6.45) is 4.81. The second-order valence-electron chi connectivity index (χ2n) is 7.79. The monoisotopic (exact) mass is 383 g/mol. The lowest BCUT2D eigenvalue weighted by Gasteiger charge is -2.48. The molecule has 1 aromatic heterocycles. The highest BCUT2D eigenvalue weighted by Crippen LogP contribution is 2.37. The molecule has 0 bridgehead atoms. The second kappa shape index (κ2) is 7.74. The van der Waals surface area contributed by atoms with Gasteiger partial charge in [-0.1, -0.05) is 27.7 Å². The maximum atomic E-state index is 12.0. The molecule has 2 aliphatic heterocycles. The van der Waals surface area contributed by atoms with Crippen molar-refractivity contribution in [3.05, 3.63) is 12.4 Å². The first-order chi connectivity index (χ1) is 12.1. The van der Waals surface area contributed by atoms with Crippen molar-refractivity contribution in [2.45, 2.75) is 78.6 Å². The molecule has 0 saturated carbocycles. The van der Waals surface area contributed by atoms with Gasteiger partial charge in [0, 0.05) is 36.7 Å². The van der Waals surface area contributed by atoms with E-state index in [0.717, 1.165) is 25.0 Å². The Labute approximate surface area is 161 Å². The highest BCUT2D eigenvalue weighted by molar-refractivity contribution is 7.82. The smallest absolute Gasteiger partial charge is 0.399 e. The highest BCUT2D eigenvalue weighted by Gasteiger charge is 2.53. The van der Waals surface area contributed by atoms with Crippen molar-refractivity contribution in [1.82, 2.24) is 14.1 Å². The molecule has 0 aromatic carbocycles. The molecule has 2 aliphatic rings. The Morgan fingerprint density at radius 2 is 1.69 bits per heavy atom. The van der Waals surface area contributed by atoms with E-state index in [1.54, 1.807) is 0 Å². The van der Waals surface area contributed by atoms with Gasteiger partial charge in [0.2, 0.25) is 0 Å². The summed E-state index contributed by atoms with van der Waals surface area (Å²) in [5.74, 6) is 0.665. The molecule has 0 spiro atoms. The molecule has 0 amide bonds. The van der Waals surface area contributed by atoms with E-state index >= 15 is 0 Å². The Morgan fingerprint density at radius 1 is 1.15 bits per heavy atom. The van der Waals surface area contributed by atoms with Crippen LogP contribution >= 0.6 is 0 Å². The van der Waals surface area contributed by atoms with E-state index in [2.05, 4.69) is 39.7 Å². The fourth-order valence-corrected chi connectivity index (χ4v) is 4.30. The van der Waals surface area contributed by atoms with Crippen molar-refractivity contribution < 1.29 is 13.5 Å². The average Bonchev–Trinajstić information content (AvgIpc) is 3.12. The molecule has 6 nitrogen and oxygen atoms in total. The first-order valence-corrected chi connectivity index (χ1v) is 11.0. The molecule has 26 heavy (non-hydrogen) atoms. The van der Waals surface area contributed by atoms with Crippen molar-refractivity contribution in [2.75, 3.05) is 18.8 Å². The molecule has 0 radical (unpaired) electrons. The van der Waals surface area contributed by atoms with Crippen LogP contribution in [0.3, 0.4) is 0 Å². The van der Waals surface area contributed by atoms with Crippen LogP contribution in [0.2, 0.25) is 0 Å². The van der Waals surface area contributed by atoms with Gasteiger partial charge in [-0.15, -0.1) is 0 Å². The zero-order valence-corrected chi connectivity index (χ0v) is 18.4. The van der Waals surface area contributed by atoms with Crippen molar-refractivity contribution in [1.29, 1.82) is 0 Å². The van der Waals surface area contributed by atoms with E-state index in [4.69, 9.17) is 9.31 Å². The maximum absolute atomic E-state index is 12.0. The maximum Gasteiger partial charge on any atom is 0.498 e. The van der Waals surface area contributed by atoms with E-state index in [-0.39, 0.29) is 16.7 Å². The Morgan fingerprint density at radius 3 is 2.15 bits per heavy atom. The lowest BCUT2D eigenvalue weighted by atomic mass is 9.81. The van der Waals surface area contributed by atoms with Crippen molar-refractivity contribution in [2.24, 2.45) is 0 Å². The van der Waals surface area contributed by atoms with Gasteiger partial charge in [0.05, 0.1) is 27.7 Å². The minimum Gasteiger partial charge on any atom is -0.399 e. The van der Waals surface area contributed by atoms with Crippen LogP contribution in [0.15, 0.2) is 12.4 Å². The first kappa shape index (κ1) is 21.6. The van der Waals surface area contributed by atoms with Gasteiger partial charge in [-0.2, -0.15) is 5.10 Å². The molecule has 148 valence electrons. The highest BCUT2D eigenvalue weighted by atomic mass is 32.2. The minimum atomic E-state index is -0.880. The van der Waals surface area contributed by atoms with E-state index in [9.17, 15) is 4.21 Å². The molecule has 1 aromatic rings. The molecule has 0 N–H and O–H groups in total. The number of aromatic nitrogens is 2. The summed E-state index contributed by atoms with van der Waals surface area (Å²) in [5.41, 5.74) is 0.157. The zero-order chi connectivity index (χ0) is 19.8. The number of hydrogen-bond donors (Lipinski definition) is 0. The number of rotatable bonds is 5. The van der Waals surface area contributed by atoms with Gasteiger partial charge in [-0.05, 0) is 34.1 Å². The molecular weight excluding hydrogens is 349 g/mol. The van der Waals surface area contributed by atoms with Crippen LogP contribution in [-0.4, -0.2) is 55.5 Å². The van der Waals surface area contributed by atoms with E-state index in [1.807, 2.05) is 42.2 Å². The van der Waals surface area contributed by atoms with Crippen molar-refractivity contribution >= 4 is 23.6 Å². The van der Waals surface area contributed by atoms with Gasteiger partial charge >= 0.3 is 7.12 Å². The predicted octanol–water partition coefficient (Wildman–Crippen LogP) is 2.31. The third-order valence-corrected chi connectivity index (χ3v) is 7.08. The fraction of sp³-hybridized carbons (Fsp3) is 0.833. The first-order valence-electron chi connectivity index (χ1n) is 9.68. The molecule has 2 fully saturated rings. The summed E-state index contributed by atoms with van der Waals surface area (Å²) in [6.45, 7) is 17.9. The molecule has 0 aliphatic carbocycles. The summed E-state index contributed by atoms with van der Waals surface area (Å²) < 4.78 is 28.2. The van der Waals surface area contributed by atoms with Crippen molar-refractivity contribution in [3.8, 4) is 0 Å². The van der Waals surface area contributed by atoms with Gasteiger partial charge in [0.25, 0.3) is 0 Å². The van der Waals surface area contributed by atoms with Crippen molar-refractivity contribution in [3.63, 3.8) is 0 Å². The quantitative estimate of drug-likeness (QED) is 0.733. The van der Waals surface area contributed by atoms with Gasteiger partial charge in [-0.25, -0.2) is 8.51 Å². The number of hydrogen-bond acceptors (Lipinski definition) is 4. The molecule has 1 atom stereocenters. The summed E-state index contributed by atoms with van der Waals surface area (Å²) in [7, 11) is -1.27. The lowest BCUT2D eigenvalue weighted by molar-refractivity contribution is 0.00578. The Hall–Kier alpha value is -0.695. The zero-order valence-electron chi connectivity index (χ0n) is 17.5. The molecule has 8 heteroatoms. The largest absolute Gasteiger partial charge is 0.498 e. The summed E-state index contributed by atoms with van der Waals surface area (Å²) in [6, 6.07) is 0. The second-order valence-corrected chi connectivity index (χ2v) is 9.53. The predicted molar refractivity (Wildman–Crippen MR) is 108 cm³/mol.